The molecule has 2 aromatic heterocycles. The Morgan fingerprint density at radius 1 is 1.04 bits per heavy atom. The Kier molecular flexibility index (Phi) is 4.74. The van der Waals surface area contributed by atoms with Crippen LogP contribution in [-0.2, 0) is 4.74 Å². The summed E-state index contributed by atoms with van der Waals surface area (Å²) in [5.41, 5.74) is 3.14. The molecule has 0 radical (unpaired) electrons. The van der Waals surface area contributed by atoms with Crippen LogP contribution >= 0.6 is 0 Å². The van der Waals surface area contributed by atoms with Gasteiger partial charge in [-0.05, 0) is 49.4 Å². The molecule has 0 spiro atoms. The number of para-hydroxylation sites is 2. The molecule has 2 fully saturated rings. The molecule has 2 aliphatic rings. The lowest BCUT2D eigenvalue weighted by Crippen LogP contribution is -2.45. The molecular weight excluding hydrogens is 352 g/mol. The van der Waals surface area contributed by atoms with Gasteiger partial charge in [0.05, 0.1) is 17.1 Å². The van der Waals surface area contributed by atoms with Gasteiger partial charge in [0.2, 0.25) is 0 Å². The van der Waals surface area contributed by atoms with E-state index in [0.717, 1.165) is 56.4 Å². The number of ether oxygens (including phenoxy) is 1. The van der Waals surface area contributed by atoms with Crippen molar-refractivity contribution in [2.24, 2.45) is 0 Å². The maximum atomic E-state index is 12.5. The van der Waals surface area contributed by atoms with Crippen LogP contribution in [-0.4, -0.2) is 45.2 Å². The number of H-pyrrole nitrogens is 1. The van der Waals surface area contributed by atoms with Crippen LogP contribution in [0.2, 0.25) is 0 Å². The number of imidazole rings is 1. The maximum Gasteiger partial charge on any atom is 0.326 e. The van der Waals surface area contributed by atoms with E-state index in [4.69, 9.17) is 4.74 Å². The Morgan fingerprint density at radius 2 is 1.89 bits per heavy atom. The Hall–Kier alpha value is -2.44. The van der Waals surface area contributed by atoms with E-state index < -0.39 is 0 Å². The van der Waals surface area contributed by atoms with E-state index in [1.807, 2.05) is 41.1 Å². The van der Waals surface area contributed by atoms with Crippen LogP contribution in [0.4, 0.5) is 0 Å². The second-order valence-electron chi connectivity index (χ2n) is 7.91. The number of hydrogen-bond donors (Lipinski definition) is 1. The van der Waals surface area contributed by atoms with Crippen LogP contribution in [0.15, 0.2) is 53.6 Å². The number of piperidine rings is 1. The van der Waals surface area contributed by atoms with Gasteiger partial charge in [-0.15, -0.1) is 0 Å². The van der Waals surface area contributed by atoms with Crippen molar-refractivity contribution in [2.45, 2.75) is 43.9 Å². The highest BCUT2D eigenvalue weighted by molar-refractivity contribution is 5.75. The van der Waals surface area contributed by atoms with Gasteiger partial charge in [0.1, 0.15) is 0 Å². The smallest absolute Gasteiger partial charge is 0.326 e. The molecule has 2 unspecified atom stereocenters. The first-order valence-electron chi connectivity index (χ1n) is 10.2. The highest BCUT2D eigenvalue weighted by Gasteiger charge is 2.32. The fourth-order valence-electron chi connectivity index (χ4n) is 4.86. The summed E-state index contributed by atoms with van der Waals surface area (Å²) in [5.74, 6) is 0. The van der Waals surface area contributed by atoms with E-state index in [-0.39, 0.29) is 17.8 Å². The highest BCUT2D eigenvalue weighted by Crippen LogP contribution is 2.33. The number of nitrogens with zero attached hydrogens (tertiary/aromatic N) is 3. The number of aromatic nitrogens is 3. The van der Waals surface area contributed by atoms with Crippen molar-refractivity contribution >= 4 is 11.0 Å². The van der Waals surface area contributed by atoms with Crippen LogP contribution in [0.3, 0.4) is 0 Å². The number of pyridine rings is 1. The molecule has 2 saturated heterocycles. The summed E-state index contributed by atoms with van der Waals surface area (Å²) in [5, 5.41) is 0. The monoisotopic (exact) mass is 378 g/mol. The Bertz CT molecular complexity index is 988. The number of benzene rings is 1. The number of rotatable bonds is 3. The van der Waals surface area contributed by atoms with Gasteiger partial charge in [-0.2, -0.15) is 0 Å². The summed E-state index contributed by atoms with van der Waals surface area (Å²) in [6.07, 6.45) is 7.98. The van der Waals surface area contributed by atoms with E-state index in [0.29, 0.717) is 6.04 Å². The van der Waals surface area contributed by atoms with Crippen molar-refractivity contribution in [1.29, 1.82) is 0 Å². The van der Waals surface area contributed by atoms with E-state index in [1.165, 1.54) is 5.56 Å². The van der Waals surface area contributed by atoms with Gasteiger partial charge in [-0.25, -0.2) is 4.79 Å². The van der Waals surface area contributed by atoms with E-state index in [2.05, 4.69) is 20.9 Å². The molecule has 5 rings (SSSR count). The van der Waals surface area contributed by atoms with Gasteiger partial charge in [-0.1, -0.05) is 18.2 Å². The molecule has 4 heterocycles. The second kappa shape index (κ2) is 7.53. The first-order chi connectivity index (χ1) is 13.8. The minimum Gasteiger partial charge on any atom is -0.373 e. The van der Waals surface area contributed by atoms with Crippen LogP contribution in [0.5, 0.6) is 0 Å². The molecular formula is C22H26N4O2. The SMILES string of the molecule is O=c1[nH]c2ccccc2n1C1CCN(C2CCOC(c3cccnc3)C2)CC1. The van der Waals surface area contributed by atoms with Gasteiger partial charge in [-0.3, -0.25) is 9.55 Å². The maximum absolute atomic E-state index is 12.5. The van der Waals surface area contributed by atoms with Crippen LogP contribution in [0.25, 0.3) is 11.0 Å². The lowest BCUT2D eigenvalue weighted by molar-refractivity contribution is -0.0347. The highest BCUT2D eigenvalue weighted by atomic mass is 16.5. The summed E-state index contributed by atoms with van der Waals surface area (Å²) in [7, 11) is 0. The minimum atomic E-state index is 0.0161. The predicted molar refractivity (Wildman–Crippen MR) is 108 cm³/mol. The Labute approximate surface area is 164 Å². The first-order valence-corrected chi connectivity index (χ1v) is 10.2. The summed E-state index contributed by atoms with van der Waals surface area (Å²) < 4.78 is 7.98. The molecule has 0 saturated carbocycles. The van der Waals surface area contributed by atoms with Crippen LogP contribution in [0, 0.1) is 0 Å². The largest absolute Gasteiger partial charge is 0.373 e. The average molecular weight is 378 g/mol. The first kappa shape index (κ1) is 17.6. The molecule has 146 valence electrons. The summed E-state index contributed by atoms with van der Waals surface area (Å²) >= 11 is 0. The van der Waals surface area contributed by atoms with Crippen LogP contribution < -0.4 is 5.69 Å². The molecule has 6 heteroatoms. The van der Waals surface area contributed by atoms with E-state index >= 15 is 0 Å². The minimum absolute atomic E-state index is 0.0161. The predicted octanol–water partition coefficient (Wildman–Crippen LogP) is 3.28. The molecule has 3 aromatic rings. The zero-order chi connectivity index (χ0) is 18.9. The summed E-state index contributed by atoms with van der Waals surface area (Å²) in [6, 6.07) is 12.9. The molecule has 28 heavy (non-hydrogen) atoms. The molecule has 1 N–H and O–H groups in total. The van der Waals surface area contributed by atoms with Gasteiger partial charge < -0.3 is 14.6 Å². The van der Waals surface area contributed by atoms with Crippen molar-refractivity contribution in [3.05, 3.63) is 64.8 Å². The topological polar surface area (TPSA) is 63.2 Å². The Balaban J connectivity index is 1.27. The average Bonchev–Trinajstić information content (AvgIpc) is 3.10. The summed E-state index contributed by atoms with van der Waals surface area (Å²) in [6.45, 7) is 2.86. The van der Waals surface area contributed by atoms with E-state index in [1.54, 1.807) is 6.20 Å². The van der Waals surface area contributed by atoms with Gasteiger partial charge >= 0.3 is 5.69 Å². The zero-order valence-electron chi connectivity index (χ0n) is 16.0. The zero-order valence-corrected chi connectivity index (χ0v) is 16.0. The third-order valence-corrected chi connectivity index (χ3v) is 6.32. The lowest BCUT2D eigenvalue weighted by Gasteiger charge is -2.41. The van der Waals surface area contributed by atoms with Gasteiger partial charge in [0.25, 0.3) is 0 Å². The Morgan fingerprint density at radius 3 is 2.71 bits per heavy atom. The van der Waals surface area contributed by atoms with Crippen molar-refractivity contribution in [1.82, 2.24) is 19.4 Å². The molecule has 2 atom stereocenters. The standard InChI is InChI=1S/C22H26N4O2/c27-22-24-19-5-1-2-6-20(19)26(22)17-7-11-25(12-8-17)18-9-13-28-21(14-18)16-4-3-10-23-15-16/h1-6,10,15,17-18,21H,7-9,11-14H2,(H,24,27). The van der Waals surface area contributed by atoms with E-state index in [9.17, 15) is 4.79 Å². The molecule has 0 aliphatic carbocycles. The fraction of sp³-hybridized carbons (Fsp3) is 0.455. The van der Waals surface area contributed by atoms with Crippen LogP contribution in [0.1, 0.15) is 43.4 Å². The number of aromatic amines is 1. The molecule has 6 nitrogen and oxygen atoms in total. The quantitative estimate of drug-likeness (QED) is 0.760. The third kappa shape index (κ3) is 3.27. The van der Waals surface area contributed by atoms with Crippen molar-refractivity contribution in [3.63, 3.8) is 0 Å². The molecule has 2 aliphatic heterocycles. The number of nitrogens with one attached hydrogen (secondary N) is 1. The van der Waals surface area contributed by atoms with Crippen molar-refractivity contribution in [3.8, 4) is 0 Å². The second-order valence-corrected chi connectivity index (χ2v) is 7.91. The normalized spacial score (nSPS) is 24.6. The molecule has 1 aromatic carbocycles. The molecule has 0 bridgehead atoms. The number of likely N-dealkylation sites (tertiary alicyclic amines) is 1. The lowest BCUT2D eigenvalue weighted by atomic mass is 9.94. The van der Waals surface area contributed by atoms with Crippen molar-refractivity contribution in [2.75, 3.05) is 19.7 Å². The fourth-order valence-corrected chi connectivity index (χ4v) is 4.86. The summed E-state index contributed by atoms with van der Waals surface area (Å²) in [4.78, 5) is 22.3. The third-order valence-electron chi connectivity index (χ3n) is 6.32. The van der Waals surface area contributed by atoms with Crippen molar-refractivity contribution < 1.29 is 4.74 Å². The number of fused-ring (bicyclic) bond motifs is 1. The number of hydrogen-bond acceptors (Lipinski definition) is 4. The molecule has 0 amide bonds. The van der Waals surface area contributed by atoms with Gasteiger partial charge in [0, 0.05) is 44.2 Å². The van der Waals surface area contributed by atoms with Gasteiger partial charge in [0.15, 0.2) is 0 Å².